The quantitative estimate of drug-likeness (QED) is 0.533. The summed E-state index contributed by atoms with van der Waals surface area (Å²) in [5.74, 6) is -0.551. The number of nitrogens with zero attached hydrogens (tertiary/aromatic N) is 3. The van der Waals surface area contributed by atoms with Crippen molar-refractivity contribution in [3.8, 4) is 0 Å². The molecule has 3 amide bonds. The molecule has 2 aromatic carbocycles. The second-order valence-electron chi connectivity index (χ2n) is 8.67. The summed E-state index contributed by atoms with van der Waals surface area (Å²) in [5.41, 5.74) is 3.10. The molecule has 0 saturated carbocycles. The molecular formula is C24H24BrFN4O2. The first kappa shape index (κ1) is 21.2. The van der Waals surface area contributed by atoms with Gasteiger partial charge in [0.05, 0.1) is 4.47 Å². The fourth-order valence-corrected chi connectivity index (χ4v) is 5.27. The smallest absolute Gasteiger partial charge is 0.328 e. The van der Waals surface area contributed by atoms with Gasteiger partial charge in [0.25, 0.3) is 5.91 Å². The van der Waals surface area contributed by atoms with Crippen molar-refractivity contribution >= 4 is 38.8 Å². The topological polar surface area (TPSA) is 59.7 Å². The van der Waals surface area contributed by atoms with Crippen LogP contribution in [-0.2, 0) is 11.2 Å². The minimum Gasteiger partial charge on any atom is -0.356 e. The average molecular weight is 499 g/mol. The molecule has 8 heteroatoms. The molecule has 1 fully saturated rings. The number of carbonyl (C=O) groups is 2. The first-order valence-electron chi connectivity index (χ1n) is 10.7. The number of aromatic amines is 1. The summed E-state index contributed by atoms with van der Waals surface area (Å²) in [6.07, 6.45) is 0.998. The highest BCUT2D eigenvalue weighted by Gasteiger charge is 2.52. The molecule has 2 unspecified atom stereocenters. The maximum absolute atomic E-state index is 15.1. The number of H-pyrrole nitrogens is 1. The highest BCUT2D eigenvalue weighted by molar-refractivity contribution is 9.10. The Kier molecular flexibility index (Phi) is 5.29. The van der Waals surface area contributed by atoms with Crippen LogP contribution in [-0.4, -0.2) is 64.8 Å². The number of halogens is 2. The lowest BCUT2D eigenvalue weighted by Crippen LogP contribution is -2.44. The van der Waals surface area contributed by atoms with Gasteiger partial charge in [0, 0.05) is 29.6 Å². The Bertz CT molecular complexity index is 1210. The third-order valence-corrected chi connectivity index (χ3v) is 6.99. The van der Waals surface area contributed by atoms with Gasteiger partial charge in [0.15, 0.2) is 0 Å². The molecule has 0 radical (unpaired) electrons. The van der Waals surface area contributed by atoms with E-state index in [1.807, 2.05) is 55.4 Å². The number of imide groups is 1. The number of hydrogen-bond acceptors (Lipinski definition) is 3. The van der Waals surface area contributed by atoms with E-state index in [1.54, 1.807) is 11.0 Å². The van der Waals surface area contributed by atoms with Gasteiger partial charge in [-0.2, -0.15) is 0 Å². The molecule has 32 heavy (non-hydrogen) atoms. The molecule has 166 valence electrons. The Labute approximate surface area is 194 Å². The number of benzene rings is 2. The molecule has 3 heterocycles. The molecule has 0 spiro atoms. The average Bonchev–Trinajstić information content (AvgIpc) is 3.26. The van der Waals surface area contributed by atoms with Crippen LogP contribution < -0.4 is 0 Å². The van der Waals surface area contributed by atoms with E-state index in [2.05, 4.69) is 20.9 Å². The van der Waals surface area contributed by atoms with Crippen molar-refractivity contribution in [3.05, 3.63) is 69.6 Å². The number of carbonyl (C=O) groups excluding carboxylic acids is 2. The number of nitrogens with one attached hydrogen (secondary N) is 1. The van der Waals surface area contributed by atoms with Crippen molar-refractivity contribution in [3.63, 3.8) is 0 Å². The van der Waals surface area contributed by atoms with Crippen LogP contribution in [0.1, 0.15) is 29.3 Å². The summed E-state index contributed by atoms with van der Waals surface area (Å²) in [6.45, 7) is 1.16. The Hall–Kier alpha value is -2.71. The van der Waals surface area contributed by atoms with Crippen molar-refractivity contribution < 1.29 is 14.0 Å². The van der Waals surface area contributed by atoms with Gasteiger partial charge in [-0.25, -0.2) is 9.18 Å². The summed E-state index contributed by atoms with van der Waals surface area (Å²) in [7, 11) is 3.93. The second-order valence-corrected chi connectivity index (χ2v) is 9.53. The second kappa shape index (κ2) is 8.01. The van der Waals surface area contributed by atoms with Crippen LogP contribution >= 0.6 is 15.9 Å². The minimum absolute atomic E-state index is 0.204. The van der Waals surface area contributed by atoms with E-state index in [0.717, 1.165) is 23.4 Å². The number of urea groups is 1. The van der Waals surface area contributed by atoms with E-state index in [-0.39, 0.29) is 17.8 Å². The van der Waals surface area contributed by atoms with Gasteiger partial charge in [-0.05, 0) is 66.3 Å². The number of fused-ring (bicyclic) bond motifs is 4. The predicted octanol–water partition coefficient (Wildman–Crippen LogP) is 4.30. The van der Waals surface area contributed by atoms with Gasteiger partial charge >= 0.3 is 6.03 Å². The van der Waals surface area contributed by atoms with Crippen molar-refractivity contribution in [2.45, 2.75) is 24.9 Å². The third-order valence-electron chi connectivity index (χ3n) is 6.38. The molecule has 2 aliphatic heterocycles. The number of aromatic nitrogens is 1. The first-order valence-corrected chi connectivity index (χ1v) is 11.5. The number of amides is 3. The lowest BCUT2D eigenvalue weighted by Gasteiger charge is -2.36. The number of hydrogen-bond donors (Lipinski definition) is 1. The fourth-order valence-electron chi connectivity index (χ4n) is 4.94. The third kappa shape index (κ3) is 3.24. The van der Waals surface area contributed by atoms with Crippen LogP contribution in [0, 0.1) is 5.82 Å². The molecule has 1 N–H and O–H groups in total. The van der Waals surface area contributed by atoms with E-state index in [9.17, 15) is 9.59 Å². The van der Waals surface area contributed by atoms with E-state index >= 15 is 4.39 Å². The molecule has 2 atom stereocenters. The summed E-state index contributed by atoms with van der Waals surface area (Å²) in [6, 6.07) is 11.7. The van der Waals surface area contributed by atoms with Crippen molar-refractivity contribution in [2.24, 2.45) is 0 Å². The molecule has 0 aliphatic carbocycles. The lowest BCUT2D eigenvalue weighted by molar-refractivity contribution is -0.128. The molecule has 6 nitrogen and oxygen atoms in total. The zero-order valence-corrected chi connectivity index (χ0v) is 19.5. The van der Waals surface area contributed by atoms with Crippen molar-refractivity contribution in [1.29, 1.82) is 0 Å². The van der Waals surface area contributed by atoms with Crippen molar-refractivity contribution in [2.75, 3.05) is 27.2 Å². The standard InChI is InChI=1S/C24H24BrFN4O2/c1-28(2)11-6-12-29-23(31)18-13-15-19-17(10-9-16(25)20(19)26)27-21(15)22(30(18)24(29)32)14-7-4-3-5-8-14/h3-5,7-10,18,22,27H,6,11-13H2,1-2H3. The maximum atomic E-state index is 15.1. The highest BCUT2D eigenvalue weighted by atomic mass is 79.9. The van der Waals surface area contributed by atoms with Crippen LogP contribution in [0.5, 0.6) is 0 Å². The molecular weight excluding hydrogens is 475 g/mol. The lowest BCUT2D eigenvalue weighted by atomic mass is 9.89. The summed E-state index contributed by atoms with van der Waals surface area (Å²) >= 11 is 3.28. The monoisotopic (exact) mass is 498 g/mol. The number of rotatable bonds is 5. The molecule has 2 aliphatic rings. The Morgan fingerprint density at radius 1 is 1.16 bits per heavy atom. The van der Waals surface area contributed by atoms with Gasteiger partial charge < -0.3 is 9.88 Å². The molecule has 1 saturated heterocycles. The van der Waals surface area contributed by atoms with Crippen LogP contribution in [0.25, 0.3) is 10.9 Å². The zero-order chi connectivity index (χ0) is 22.6. The van der Waals surface area contributed by atoms with Crippen LogP contribution in [0.2, 0.25) is 0 Å². The minimum atomic E-state index is -0.642. The Morgan fingerprint density at radius 3 is 2.62 bits per heavy atom. The van der Waals surface area contributed by atoms with E-state index in [0.29, 0.717) is 34.8 Å². The van der Waals surface area contributed by atoms with E-state index in [1.165, 1.54) is 4.90 Å². The first-order chi connectivity index (χ1) is 15.4. The van der Waals surface area contributed by atoms with Crippen LogP contribution in [0.15, 0.2) is 46.9 Å². The van der Waals surface area contributed by atoms with Crippen molar-refractivity contribution in [1.82, 2.24) is 19.7 Å². The van der Waals surface area contributed by atoms with Crippen LogP contribution in [0.4, 0.5) is 9.18 Å². The zero-order valence-electron chi connectivity index (χ0n) is 17.9. The molecule has 5 rings (SSSR count). The summed E-state index contributed by atoms with van der Waals surface area (Å²) in [5, 5.41) is 0.487. The maximum Gasteiger partial charge on any atom is 0.328 e. The predicted molar refractivity (Wildman–Crippen MR) is 124 cm³/mol. The van der Waals surface area contributed by atoms with Gasteiger partial charge in [-0.15, -0.1) is 0 Å². The summed E-state index contributed by atoms with van der Waals surface area (Å²) < 4.78 is 15.5. The Morgan fingerprint density at radius 2 is 1.91 bits per heavy atom. The Balaban J connectivity index is 1.63. The van der Waals surface area contributed by atoms with Gasteiger partial charge in [-0.3, -0.25) is 14.6 Å². The largest absolute Gasteiger partial charge is 0.356 e. The van der Waals surface area contributed by atoms with Crippen LogP contribution in [0.3, 0.4) is 0 Å². The molecule has 1 aromatic heterocycles. The van der Waals surface area contributed by atoms with Gasteiger partial charge in [-0.1, -0.05) is 30.3 Å². The van der Waals surface area contributed by atoms with E-state index < -0.39 is 12.1 Å². The fraction of sp³-hybridized carbons (Fsp3) is 0.333. The SMILES string of the molecule is CN(C)CCCN1C(=O)C2Cc3c([nH]c4ccc(Br)c(F)c34)C(c3ccccc3)N2C1=O. The van der Waals surface area contributed by atoms with Gasteiger partial charge in [0.1, 0.15) is 17.9 Å². The van der Waals surface area contributed by atoms with Gasteiger partial charge in [0.2, 0.25) is 0 Å². The normalized spacial score (nSPS) is 20.4. The molecule has 0 bridgehead atoms. The summed E-state index contributed by atoms with van der Waals surface area (Å²) in [4.78, 5) is 35.3. The van der Waals surface area contributed by atoms with E-state index in [4.69, 9.17) is 0 Å². The highest BCUT2D eigenvalue weighted by Crippen LogP contribution is 2.45. The molecule has 3 aromatic rings.